The topological polar surface area (TPSA) is 98.7 Å². The molecule has 7 nitrogen and oxygen atoms in total. The monoisotopic (exact) mass is 423 g/mol. The number of hydrogen-bond acceptors (Lipinski definition) is 4. The first-order valence-electron chi connectivity index (χ1n) is 9.30. The average molecular weight is 423 g/mol. The first kappa shape index (κ1) is 21.4. The molecule has 0 bridgehead atoms. The van der Waals surface area contributed by atoms with Crippen LogP contribution in [0.2, 0.25) is 0 Å². The summed E-state index contributed by atoms with van der Waals surface area (Å²) >= 11 is 0. The summed E-state index contributed by atoms with van der Waals surface area (Å²) in [5.74, 6) is -2.33. The number of likely N-dealkylation sites (tertiary alicyclic amines) is 1. The molecule has 2 aromatic rings. The zero-order valence-corrected chi connectivity index (χ0v) is 15.8. The molecular weight excluding hydrogens is 403 g/mol. The quantitative estimate of drug-likeness (QED) is 0.685. The van der Waals surface area contributed by atoms with Gasteiger partial charge in [0.25, 0.3) is 5.91 Å². The minimum Gasteiger partial charge on any atom is -0.506 e. The molecule has 0 aromatic heterocycles. The fourth-order valence-corrected chi connectivity index (χ4v) is 3.41. The molecule has 0 aliphatic carbocycles. The first-order chi connectivity index (χ1) is 14.2. The highest BCUT2D eigenvalue weighted by atomic mass is 19.4. The fraction of sp³-hybridized carbons (Fsp3) is 0.350. The lowest BCUT2D eigenvalue weighted by molar-refractivity contribution is -0.138. The Hall–Kier alpha value is -3.30. The average Bonchev–Trinajstić information content (AvgIpc) is 3.20. The van der Waals surface area contributed by atoms with Gasteiger partial charge in [-0.2, -0.15) is 13.2 Å². The number of benzene rings is 2. The third-order valence-electron chi connectivity index (χ3n) is 4.86. The molecule has 1 unspecified atom stereocenters. The molecule has 2 aromatic carbocycles. The number of phenolic OH excluding ortho intramolecular Hbond substituents is 1. The number of carbonyl (C=O) groups excluding carboxylic acids is 3. The number of aromatic hydroxyl groups is 1. The van der Waals surface area contributed by atoms with Crippen LogP contribution >= 0.6 is 0 Å². The van der Waals surface area contributed by atoms with Crippen LogP contribution in [0, 0.1) is 0 Å². The van der Waals surface area contributed by atoms with Gasteiger partial charge in [0.05, 0.1) is 12.1 Å². The van der Waals surface area contributed by atoms with E-state index >= 15 is 0 Å². The summed E-state index contributed by atoms with van der Waals surface area (Å²) in [4.78, 5) is 38.2. The number of amides is 3. The van der Waals surface area contributed by atoms with Crippen LogP contribution in [-0.2, 0) is 9.59 Å². The molecule has 1 aliphatic rings. The van der Waals surface area contributed by atoms with E-state index in [4.69, 9.17) is 0 Å². The molecule has 1 aliphatic heterocycles. The van der Waals surface area contributed by atoms with Gasteiger partial charge in [0.2, 0.25) is 11.8 Å². The van der Waals surface area contributed by atoms with Gasteiger partial charge in [-0.15, -0.1) is 0 Å². The summed E-state index contributed by atoms with van der Waals surface area (Å²) in [6.07, 6.45) is -3.66. The number of alkyl halides is 3. The Labute approximate surface area is 169 Å². The molecule has 30 heavy (non-hydrogen) atoms. The van der Waals surface area contributed by atoms with E-state index in [1.165, 1.54) is 11.0 Å². The van der Waals surface area contributed by atoms with Gasteiger partial charge in [-0.25, -0.2) is 0 Å². The van der Waals surface area contributed by atoms with E-state index in [2.05, 4.69) is 5.32 Å². The van der Waals surface area contributed by atoms with Gasteiger partial charge in [-0.1, -0.05) is 30.3 Å². The minimum absolute atomic E-state index is 0.0521. The van der Waals surface area contributed by atoms with Crippen LogP contribution in [0.4, 0.5) is 13.2 Å². The van der Waals surface area contributed by atoms with Crippen LogP contribution < -0.4 is 10.6 Å². The zero-order chi connectivity index (χ0) is 21.9. The summed E-state index contributed by atoms with van der Waals surface area (Å²) in [6.45, 7) is -1.84. The van der Waals surface area contributed by atoms with Gasteiger partial charge in [0.15, 0.2) is 0 Å². The summed E-state index contributed by atoms with van der Waals surface area (Å²) in [7, 11) is 0. The Morgan fingerprint density at radius 3 is 2.57 bits per heavy atom. The molecule has 1 atom stereocenters. The van der Waals surface area contributed by atoms with Crippen molar-refractivity contribution in [2.75, 3.05) is 19.6 Å². The summed E-state index contributed by atoms with van der Waals surface area (Å²) in [5.41, 5.74) is 0.0521. The van der Waals surface area contributed by atoms with E-state index < -0.39 is 43.0 Å². The maximum Gasteiger partial charge on any atom is 0.405 e. The van der Waals surface area contributed by atoms with Crippen molar-refractivity contribution in [2.45, 2.75) is 25.1 Å². The number of nitrogens with zero attached hydrogens (tertiary/aromatic N) is 1. The minimum atomic E-state index is -4.55. The Morgan fingerprint density at radius 2 is 1.83 bits per heavy atom. The van der Waals surface area contributed by atoms with E-state index in [1.807, 2.05) is 0 Å². The Kier molecular flexibility index (Phi) is 6.14. The Bertz CT molecular complexity index is 977. The van der Waals surface area contributed by atoms with Crippen LogP contribution in [0.25, 0.3) is 10.8 Å². The number of carbonyl (C=O) groups is 3. The van der Waals surface area contributed by atoms with E-state index in [-0.39, 0.29) is 17.9 Å². The van der Waals surface area contributed by atoms with Crippen molar-refractivity contribution in [2.24, 2.45) is 0 Å². The maximum atomic E-state index is 13.0. The second-order valence-electron chi connectivity index (χ2n) is 6.95. The van der Waals surface area contributed by atoms with E-state index in [0.29, 0.717) is 18.2 Å². The molecule has 0 spiro atoms. The molecule has 3 amide bonds. The number of hydrogen-bond donors (Lipinski definition) is 3. The Morgan fingerprint density at radius 1 is 1.10 bits per heavy atom. The number of phenols is 1. The van der Waals surface area contributed by atoms with Crippen LogP contribution in [-0.4, -0.2) is 59.6 Å². The van der Waals surface area contributed by atoms with Crippen molar-refractivity contribution in [1.82, 2.24) is 15.5 Å². The van der Waals surface area contributed by atoms with Crippen LogP contribution in [0.5, 0.6) is 5.75 Å². The SMILES string of the molecule is O=C(CNC(=O)C1CCCN1C(=O)c1ccc2ccccc2c1O)NCC(F)(F)F. The van der Waals surface area contributed by atoms with E-state index in [1.54, 1.807) is 35.6 Å². The predicted molar refractivity (Wildman–Crippen MR) is 102 cm³/mol. The van der Waals surface area contributed by atoms with Gasteiger partial charge in [0, 0.05) is 11.9 Å². The number of halogens is 3. The molecule has 1 heterocycles. The highest BCUT2D eigenvalue weighted by molar-refractivity contribution is 6.05. The molecule has 1 saturated heterocycles. The third-order valence-corrected chi connectivity index (χ3v) is 4.86. The first-order valence-corrected chi connectivity index (χ1v) is 9.30. The highest BCUT2D eigenvalue weighted by Crippen LogP contribution is 2.31. The van der Waals surface area contributed by atoms with Crippen LogP contribution in [0.1, 0.15) is 23.2 Å². The molecule has 160 valence electrons. The molecule has 3 rings (SSSR count). The second-order valence-corrected chi connectivity index (χ2v) is 6.95. The van der Waals surface area contributed by atoms with Gasteiger partial charge in [-0.05, 0) is 24.3 Å². The highest BCUT2D eigenvalue weighted by Gasteiger charge is 2.36. The molecule has 10 heteroatoms. The van der Waals surface area contributed by atoms with E-state index in [9.17, 15) is 32.7 Å². The maximum absolute atomic E-state index is 13.0. The van der Waals surface area contributed by atoms with Gasteiger partial charge >= 0.3 is 6.18 Å². The van der Waals surface area contributed by atoms with Crippen molar-refractivity contribution in [3.05, 3.63) is 42.0 Å². The fourth-order valence-electron chi connectivity index (χ4n) is 3.41. The predicted octanol–water partition coefficient (Wildman–Crippen LogP) is 1.94. The summed E-state index contributed by atoms with van der Waals surface area (Å²) in [6, 6.07) is 9.30. The smallest absolute Gasteiger partial charge is 0.405 e. The lowest BCUT2D eigenvalue weighted by Crippen LogP contribution is -2.48. The van der Waals surface area contributed by atoms with Crippen molar-refractivity contribution < 1.29 is 32.7 Å². The van der Waals surface area contributed by atoms with Crippen molar-refractivity contribution in [1.29, 1.82) is 0 Å². The lowest BCUT2D eigenvalue weighted by Gasteiger charge is -2.24. The van der Waals surface area contributed by atoms with Crippen molar-refractivity contribution in [3.8, 4) is 5.75 Å². The molecule has 1 fully saturated rings. The van der Waals surface area contributed by atoms with Crippen molar-refractivity contribution >= 4 is 28.5 Å². The molecule has 3 N–H and O–H groups in total. The Balaban J connectivity index is 1.66. The lowest BCUT2D eigenvalue weighted by atomic mass is 10.0. The van der Waals surface area contributed by atoms with Crippen LogP contribution in [0.3, 0.4) is 0 Å². The number of rotatable bonds is 5. The van der Waals surface area contributed by atoms with Gasteiger partial charge < -0.3 is 20.6 Å². The molecular formula is C20H20F3N3O4. The zero-order valence-electron chi connectivity index (χ0n) is 15.8. The van der Waals surface area contributed by atoms with Crippen LogP contribution in [0.15, 0.2) is 36.4 Å². The second kappa shape index (κ2) is 8.60. The largest absolute Gasteiger partial charge is 0.506 e. The molecule has 0 radical (unpaired) electrons. The standard InChI is InChI=1S/C20H20F3N3O4/c21-20(22,23)11-25-16(27)10-24-18(29)15-6-3-9-26(15)19(30)14-8-7-12-4-1-2-5-13(12)17(14)28/h1-2,4-5,7-8,15,28H,3,6,9-11H2,(H,24,29)(H,25,27). The normalized spacial score (nSPS) is 16.5. The summed E-state index contributed by atoms with van der Waals surface area (Å²) < 4.78 is 36.4. The van der Waals surface area contributed by atoms with Gasteiger partial charge in [-0.3, -0.25) is 14.4 Å². The molecule has 0 saturated carbocycles. The van der Waals surface area contributed by atoms with Crippen molar-refractivity contribution in [3.63, 3.8) is 0 Å². The third kappa shape index (κ3) is 4.81. The summed E-state index contributed by atoms with van der Waals surface area (Å²) in [5, 5.41) is 15.7. The number of nitrogens with one attached hydrogen (secondary N) is 2. The van der Waals surface area contributed by atoms with Gasteiger partial charge in [0.1, 0.15) is 18.3 Å². The number of fused-ring (bicyclic) bond motifs is 1. The van der Waals surface area contributed by atoms with E-state index in [0.717, 1.165) is 5.39 Å².